The number of nitrogens with zero attached hydrogens (tertiary/aromatic N) is 1. The molecular formula is C9H7BrN2. The van der Waals surface area contributed by atoms with Crippen LogP contribution in [-0.4, -0.2) is 4.98 Å². The number of pyridine rings is 1. The van der Waals surface area contributed by atoms with Crippen LogP contribution in [0.3, 0.4) is 0 Å². The van der Waals surface area contributed by atoms with Crippen molar-refractivity contribution in [3.8, 4) is 0 Å². The van der Waals surface area contributed by atoms with Gasteiger partial charge in [-0.15, -0.1) is 0 Å². The molecule has 60 valence electrons. The molecule has 0 atom stereocenters. The lowest BCUT2D eigenvalue weighted by molar-refractivity contribution is 1.31. The smallest absolute Gasteiger partial charge is 0.113 e. The number of nitrogen functional groups attached to an aromatic ring is 1. The third kappa shape index (κ3) is 1.16. The third-order valence-corrected chi connectivity index (χ3v) is 2.37. The monoisotopic (exact) mass is 222 g/mol. The molecule has 0 fully saturated rings. The Bertz CT molecular complexity index is 426. The van der Waals surface area contributed by atoms with Crippen LogP contribution in [0.15, 0.2) is 35.1 Å². The van der Waals surface area contributed by atoms with Gasteiger partial charge in [0.15, 0.2) is 0 Å². The molecule has 2 N–H and O–H groups in total. The Balaban J connectivity index is 2.86. The van der Waals surface area contributed by atoms with Crippen LogP contribution in [-0.2, 0) is 0 Å². The first kappa shape index (κ1) is 7.55. The van der Waals surface area contributed by atoms with Gasteiger partial charge in [0.2, 0.25) is 0 Å². The summed E-state index contributed by atoms with van der Waals surface area (Å²) in [6, 6.07) is 7.70. The molecule has 2 nitrogen and oxygen atoms in total. The number of rotatable bonds is 0. The first-order valence-electron chi connectivity index (χ1n) is 3.57. The summed E-state index contributed by atoms with van der Waals surface area (Å²) in [5.41, 5.74) is 6.42. The number of nitrogens with two attached hydrogens (primary N) is 1. The van der Waals surface area contributed by atoms with Crippen molar-refractivity contribution >= 4 is 32.4 Å². The predicted octanol–water partition coefficient (Wildman–Crippen LogP) is 2.58. The van der Waals surface area contributed by atoms with E-state index in [-0.39, 0.29) is 0 Å². The molecule has 0 saturated heterocycles. The highest BCUT2D eigenvalue weighted by atomic mass is 79.9. The summed E-state index contributed by atoms with van der Waals surface area (Å²) in [6.45, 7) is 0. The Morgan fingerprint density at radius 1 is 1.25 bits per heavy atom. The molecule has 1 heterocycles. The molecule has 2 aromatic rings. The maximum Gasteiger partial charge on any atom is 0.113 e. The van der Waals surface area contributed by atoms with Crippen LogP contribution in [0.1, 0.15) is 0 Å². The fourth-order valence-corrected chi connectivity index (χ4v) is 1.64. The van der Waals surface area contributed by atoms with Gasteiger partial charge in [-0.3, -0.25) is 0 Å². The molecule has 3 heteroatoms. The maximum absolute atomic E-state index is 5.64. The van der Waals surface area contributed by atoms with E-state index in [4.69, 9.17) is 5.73 Å². The zero-order chi connectivity index (χ0) is 8.55. The zero-order valence-electron chi connectivity index (χ0n) is 6.29. The normalized spacial score (nSPS) is 10.4. The van der Waals surface area contributed by atoms with Gasteiger partial charge in [0, 0.05) is 17.3 Å². The molecule has 1 aromatic carbocycles. The van der Waals surface area contributed by atoms with Crippen molar-refractivity contribution in [2.45, 2.75) is 0 Å². The van der Waals surface area contributed by atoms with Crippen molar-refractivity contribution < 1.29 is 0 Å². The second kappa shape index (κ2) is 2.75. The lowest BCUT2D eigenvalue weighted by Gasteiger charge is -1.99. The fraction of sp³-hybridized carbons (Fsp3) is 0. The van der Waals surface area contributed by atoms with Crippen LogP contribution in [0.25, 0.3) is 10.8 Å². The van der Waals surface area contributed by atoms with Crippen molar-refractivity contribution in [2.75, 3.05) is 5.73 Å². The highest BCUT2D eigenvalue weighted by Crippen LogP contribution is 2.22. The minimum Gasteiger partial charge on any atom is -0.399 e. The van der Waals surface area contributed by atoms with E-state index < -0.39 is 0 Å². The van der Waals surface area contributed by atoms with E-state index in [9.17, 15) is 0 Å². The summed E-state index contributed by atoms with van der Waals surface area (Å²) in [5.74, 6) is 0. The Morgan fingerprint density at radius 3 is 2.92 bits per heavy atom. The molecule has 0 radical (unpaired) electrons. The quantitative estimate of drug-likeness (QED) is 0.550. The summed E-state index contributed by atoms with van der Waals surface area (Å²) >= 11 is 3.37. The highest BCUT2D eigenvalue weighted by molar-refractivity contribution is 9.10. The summed E-state index contributed by atoms with van der Waals surface area (Å²) < 4.78 is 0.861. The lowest BCUT2D eigenvalue weighted by Crippen LogP contribution is -1.84. The van der Waals surface area contributed by atoms with E-state index in [2.05, 4.69) is 20.9 Å². The summed E-state index contributed by atoms with van der Waals surface area (Å²) in [4.78, 5) is 4.11. The topological polar surface area (TPSA) is 38.9 Å². The highest BCUT2D eigenvalue weighted by Gasteiger charge is 1.97. The van der Waals surface area contributed by atoms with Gasteiger partial charge in [-0.1, -0.05) is 0 Å². The van der Waals surface area contributed by atoms with Gasteiger partial charge in [-0.2, -0.15) is 0 Å². The van der Waals surface area contributed by atoms with Gasteiger partial charge >= 0.3 is 0 Å². The predicted molar refractivity (Wildman–Crippen MR) is 53.9 cm³/mol. The minimum atomic E-state index is 0.778. The number of aromatic nitrogens is 1. The van der Waals surface area contributed by atoms with Crippen molar-refractivity contribution in [2.24, 2.45) is 0 Å². The van der Waals surface area contributed by atoms with Crippen LogP contribution < -0.4 is 5.73 Å². The van der Waals surface area contributed by atoms with Gasteiger partial charge in [-0.05, 0) is 45.6 Å². The lowest BCUT2D eigenvalue weighted by atomic mass is 10.2. The molecule has 0 amide bonds. The van der Waals surface area contributed by atoms with Crippen molar-refractivity contribution in [1.82, 2.24) is 4.98 Å². The zero-order valence-corrected chi connectivity index (χ0v) is 7.88. The minimum absolute atomic E-state index is 0.778. The molecule has 1 aromatic heterocycles. The van der Waals surface area contributed by atoms with Crippen molar-refractivity contribution in [3.63, 3.8) is 0 Å². The summed E-state index contributed by atoms with van der Waals surface area (Å²) in [5, 5.41) is 2.20. The Kier molecular flexibility index (Phi) is 1.73. The first-order valence-corrected chi connectivity index (χ1v) is 4.36. The Hall–Kier alpha value is -1.09. The van der Waals surface area contributed by atoms with Crippen LogP contribution in [0.4, 0.5) is 5.69 Å². The third-order valence-electron chi connectivity index (χ3n) is 1.74. The van der Waals surface area contributed by atoms with E-state index >= 15 is 0 Å². The number of hydrogen-bond donors (Lipinski definition) is 1. The molecule has 0 aliphatic rings. The molecule has 0 saturated carbocycles. The Morgan fingerprint density at radius 2 is 2.08 bits per heavy atom. The van der Waals surface area contributed by atoms with Crippen LogP contribution >= 0.6 is 15.9 Å². The number of halogens is 1. The van der Waals surface area contributed by atoms with Crippen LogP contribution in [0.2, 0.25) is 0 Å². The maximum atomic E-state index is 5.64. The number of fused-ring (bicyclic) bond motifs is 1. The summed E-state index contributed by atoms with van der Waals surface area (Å²) in [7, 11) is 0. The van der Waals surface area contributed by atoms with Gasteiger partial charge in [-0.25, -0.2) is 4.98 Å². The molecule has 2 rings (SSSR count). The SMILES string of the molecule is Nc1ccc2c(Br)nccc2c1. The standard InChI is InChI=1S/C9H7BrN2/c10-9-8-2-1-7(11)5-6(8)3-4-12-9/h1-5H,11H2. The molecule has 0 spiro atoms. The van der Waals surface area contributed by atoms with E-state index in [1.165, 1.54) is 0 Å². The molecular weight excluding hydrogens is 216 g/mol. The average Bonchev–Trinajstić information content (AvgIpc) is 2.04. The average molecular weight is 223 g/mol. The second-order valence-corrected chi connectivity index (χ2v) is 3.33. The molecule has 0 aliphatic carbocycles. The van der Waals surface area contributed by atoms with E-state index in [0.29, 0.717) is 0 Å². The van der Waals surface area contributed by atoms with Crippen LogP contribution in [0, 0.1) is 0 Å². The van der Waals surface area contributed by atoms with Gasteiger partial charge in [0.05, 0.1) is 0 Å². The van der Waals surface area contributed by atoms with E-state index in [1.54, 1.807) is 6.20 Å². The molecule has 12 heavy (non-hydrogen) atoms. The molecule has 0 unspecified atom stereocenters. The van der Waals surface area contributed by atoms with Gasteiger partial charge in [0.25, 0.3) is 0 Å². The van der Waals surface area contributed by atoms with Gasteiger partial charge < -0.3 is 5.73 Å². The molecule has 0 aliphatic heterocycles. The molecule has 0 bridgehead atoms. The van der Waals surface area contributed by atoms with Crippen molar-refractivity contribution in [3.05, 3.63) is 35.1 Å². The first-order chi connectivity index (χ1) is 5.77. The van der Waals surface area contributed by atoms with Gasteiger partial charge in [0.1, 0.15) is 4.60 Å². The summed E-state index contributed by atoms with van der Waals surface area (Å²) in [6.07, 6.45) is 1.76. The number of anilines is 1. The van der Waals surface area contributed by atoms with Crippen molar-refractivity contribution in [1.29, 1.82) is 0 Å². The number of hydrogen-bond acceptors (Lipinski definition) is 2. The largest absolute Gasteiger partial charge is 0.399 e. The Labute approximate surface area is 78.5 Å². The second-order valence-electron chi connectivity index (χ2n) is 2.58. The fourth-order valence-electron chi connectivity index (χ4n) is 1.16. The van der Waals surface area contributed by atoms with E-state index in [1.807, 2.05) is 24.3 Å². The van der Waals surface area contributed by atoms with E-state index in [0.717, 1.165) is 21.1 Å². The number of benzene rings is 1. The van der Waals surface area contributed by atoms with Crippen LogP contribution in [0.5, 0.6) is 0 Å².